The van der Waals surface area contributed by atoms with Gasteiger partial charge >= 0.3 is 6.09 Å². The van der Waals surface area contributed by atoms with Crippen LogP contribution in [0.5, 0.6) is 0 Å². The van der Waals surface area contributed by atoms with Gasteiger partial charge in [-0.3, -0.25) is 14.5 Å². The van der Waals surface area contributed by atoms with E-state index < -0.39 is 6.09 Å². The number of nitrogens with one attached hydrogen (secondary N) is 2. The summed E-state index contributed by atoms with van der Waals surface area (Å²) in [7, 11) is 0. The molecule has 0 bridgehead atoms. The van der Waals surface area contributed by atoms with Gasteiger partial charge < -0.3 is 19.9 Å². The molecule has 0 aliphatic carbocycles. The summed E-state index contributed by atoms with van der Waals surface area (Å²) >= 11 is 1.47. The minimum absolute atomic E-state index is 0.0565. The van der Waals surface area contributed by atoms with Gasteiger partial charge in [-0.1, -0.05) is 0 Å². The van der Waals surface area contributed by atoms with Gasteiger partial charge in [0.25, 0.3) is 5.56 Å². The van der Waals surface area contributed by atoms with Crippen molar-refractivity contribution in [1.82, 2.24) is 9.88 Å². The molecule has 1 saturated heterocycles. The highest BCUT2D eigenvalue weighted by molar-refractivity contribution is 8.00. The number of pyridine rings is 1. The molecule has 3 aromatic rings. The molecule has 0 radical (unpaired) electrons. The Kier molecular flexibility index (Phi) is 5.49. The Balaban J connectivity index is 1.06. The third-order valence-electron chi connectivity index (χ3n) is 6.76. The monoisotopic (exact) mass is 494 g/mol. The van der Waals surface area contributed by atoms with Crippen molar-refractivity contribution < 1.29 is 18.7 Å². The van der Waals surface area contributed by atoms with Crippen LogP contribution < -0.4 is 21.1 Å². The van der Waals surface area contributed by atoms with Crippen LogP contribution in [0.15, 0.2) is 52.2 Å². The van der Waals surface area contributed by atoms with E-state index in [0.717, 1.165) is 10.3 Å². The Morgan fingerprint density at radius 1 is 1.11 bits per heavy atom. The van der Waals surface area contributed by atoms with Crippen molar-refractivity contribution in [2.45, 2.75) is 29.9 Å². The minimum Gasteiger partial charge on any atom is -0.444 e. The fourth-order valence-electron chi connectivity index (χ4n) is 5.11. The van der Waals surface area contributed by atoms with Crippen LogP contribution in [0.4, 0.5) is 20.6 Å². The Labute approximate surface area is 204 Å². The molecule has 2 atom stereocenters. The number of carbonyl (C=O) groups excluding carboxylic acids is 2. The molecule has 1 aromatic heterocycles. The topological polar surface area (TPSA) is 92.7 Å². The predicted octanol–water partition coefficient (Wildman–Crippen LogP) is 3.29. The molecule has 3 aliphatic rings. The number of anilines is 2. The molecule has 2 amide bonds. The lowest BCUT2D eigenvalue weighted by Crippen LogP contribution is -2.29. The average Bonchev–Trinajstić information content (AvgIpc) is 3.42. The summed E-state index contributed by atoms with van der Waals surface area (Å²) in [5.41, 5.74) is 2.55. The molecule has 2 N–H and O–H groups in total. The molecule has 0 saturated carbocycles. The van der Waals surface area contributed by atoms with Crippen LogP contribution in [-0.4, -0.2) is 48.1 Å². The van der Waals surface area contributed by atoms with E-state index in [9.17, 15) is 18.8 Å². The van der Waals surface area contributed by atoms with Crippen molar-refractivity contribution in [1.29, 1.82) is 0 Å². The van der Waals surface area contributed by atoms with Crippen LogP contribution >= 0.6 is 11.8 Å². The van der Waals surface area contributed by atoms with Gasteiger partial charge in [0.15, 0.2) is 0 Å². The first-order valence-corrected chi connectivity index (χ1v) is 12.5. The number of hydrogen-bond acceptors (Lipinski definition) is 6. The standard InChI is InChI=1S/C25H23FN4O4S/c26-18-4-1-14-2-6-22(32)30-11-15(23(18)24(14)30)10-27-8-7-17-12-29(25(33)34-17)16-3-5-20-19(9-16)28-21(31)13-35-20/h1-6,9,15,17,27H,7-8,10-13H2,(H,28,31)/t15?,17-/m1/s1. The second-order valence-electron chi connectivity index (χ2n) is 9.00. The average molecular weight is 495 g/mol. The maximum Gasteiger partial charge on any atom is 0.414 e. The molecule has 0 spiro atoms. The molecule has 8 nitrogen and oxygen atoms in total. The SMILES string of the molecule is O=C1CSc2ccc(N3C[C@@H](CCNCC4Cn5c(=O)ccc6ccc(F)c4c65)OC3=O)cc2N1. The maximum absolute atomic E-state index is 14.6. The minimum atomic E-state index is -0.413. The van der Waals surface area contributed by atoms with E-state index in [1.807, 2.05) is 12.1 Å². The zero-order chi connectivity index (χ0) is 24.1. The number of aromatic nitrogens is 1. The normalized spacial score (nSPS) is 20.8. The van der Waals surface area contributed by atoms with Gasteiger partial charge in [0.2, 0.25) is 5.91 Å². The van der Waals surface area contributed by atoms with E-state index in [1.165, 1.54) is 23.9 Å². The number of fused-ring (bicyclic) bond motifs is 1. The number of thioether (sulfide) groups is 1. The number of hydrogen-bond donors (Lipinski definition) is 2. The summed E-state index contributed by atoms with van der Waals surface area (Å²) in [6.07, 6.45) is -0.0887. The number of rotatable bonds is 6. The van der Waals surface area contributed by atoms with E-state index in [-0.39, 0.29) is 29.3 Å². The predicted molar refractivity (Wildman–Crippen MR) is 132 cm³/mol. The van der Waals surface area contributed by atoms with Crippen LogP contribution in [0.1, 0.15) is 17.9 Å². The lowest BCUT2D eigenvalue weighted by molar-refractivity contribution is -0.113. The van der Waals surface area contributed by atoms with E-state index in [2.05, 4.69) is 10.6 Å². The van der Waals surface area contributed by atoms with Crippen LogP contribution in [0.25, 0.3) is 10.9 Å². The van der Waals surface area contributed by atoms with Gasteiger partial charge in [0.05, 0.1) is 23.5 Å². The summed E-state index contributed by atoms with van der Waals surface area (Å²) in [6.45, 7) is 1.96. The van der Waals surface area contributed by atoms with Crippen molar-refractivity contribution in [2.24, 2.45) is 0 Å². The number of nitrogens with zero attached hydrogens (tertiary/aromatic N) is 2. The number of cyclic esters (lactones) is 1. The molecule has 35 heavy (non-hydrogen) atoms. The third kappa shape index (κ3) is 3.96. The van der Waals surface area contributed by atoms with E-state index in [4.69, 9.17) is 4.74 Å². The molecule has 180 valence electrons. The van der Waals surface area contributed by atoms with E-state index in [1.54, 1.807) is 27.7 Å². The number of benzene rings is 2. The van der Waals surface area contributed by atoms with Crippen molar-refractivity contribution in [3.05, 3.63) is 64.2 Å². The first kappa shape index (κ1) is 22.1. The molecular formula is C25H23FN4O4S. The molecule has 1 unspecified atom stereocenters. The van der Waals surface area contributed by atoms with Crippen molar-refractivity contribution in [3.8, 4) is 0 Å². The van der Waals surface area contributed by atoms with Gasteiger partial charge in [-0.05, 0) is 54.8 Å². The number of ether oxygens (including phenoxy) is 1. The molecular weight excluding hydrogens is 471 g/mol. The summed E-state index contributed by atoms with van der Waals surface area (Å²) in [4.78, 5) is 39.0. The largest absolute Gasteiger partial charge is 0.444 e. The van der Waals surface area contributed by atoms with Crippen LogP contribution in [-0.2, 0) is 16.1 Å². The van der Waals surface area contributed by atoms with Gasteiger partial charge in [-0.15, -0.1) is 11.8 Å². The zero-order valence-electron chi connectivity index (χ0n) is 18.8. The smallest absolute Gasteiger partial charge is 0.414 e. The molecule has 10 heteroatoms. The second-order valence-corrected chi connectivity index (χ2v) is 10.0. The van der Waals surface area contributed by atoms with Crippen LogP contribution in [0.3, 0.4) is 0 Å². The first-order chi connectivity index (χ1) is 17.0. The first-order valence-electron chi connectivity index (χ1n) is 11.6. The molecule has 6 rings (SSSR count). The summed E-state index contributed by atoms with van der Waals surface area (Å²) < 4.78 is 21.8. The van der Waals surface area contributed by atoms with Crippen molar-refractivity contribution in [2.75, 3.05) is 35.6 Å². The molecule has 2 aromatic carbocycles. The van der Waals surface area contributed by atoms with E-state index in [0.29, 0.717) is 60.8 Å². The Morgan fingerprint density at radius 2 is 1.97 bits per heavy atom. The number of halogens is 1. The zero-order valence-corrected chi connectivity index (χ0v) is 19.6. The number of amides is 2. The van der Waals surface area contributed by atoms with Crippen LogP contribution in [0, 0.1) is 5.82 Å². The Bertz CT molecular complexity index is 1420. The molecule has 1 fully saturated rings. The molecule has 3 aliphatic heterocycles. The fourth-order valence-corrected chi connectivity index (χ4v) is 5.89. The Morgan fingerprint density at radius 3 is 2.86 bits per heavy atom. The van der Waals surface area contributed by atoms with Crippen molar-refractivity contribution in [3.63, 3.8) is 0 Å². The van der Waals surface area contributed by atoms with Gasteiger partial charge in [-0.25, -0.2) is 9.18 Å². The third-order valence-corrected chi connectivity index (χ3v) is 7.84. The van der Waals surface area contributed by atoms with Crippen molar-refractivity contribution >= 4 is 46.0 Å². The van der Waals surface area contributed by atoms with Gasteiger partial charge in [-0.2, -0.15) is 0 Å². The van der Waals surface area contributed by atoms with Gasteiger partial charge in [0, 0.05) is 41.2 Å². The highest BCUT2D eigenvalue weighted by atomic mass is 32.2. The quantitative estimate of drug-likeness (QED) is 0.511. The second kappa shape index (κ2) is 8.69. The fraction of sp³-hybridized carbons (Fsp3) is 0.320. The highest BCUT2D eigenvalue weighted by Crippen LogP contribution is 2.36. The van der Waals surface area contributed by atoms with Crippen LogP contribution in [0.2, 0.25) is 0 Å². The van der Waals surface area contributed by atoms with Gasteiger partial charge in [0.1, 0.15) is 11.9 Å². The summed E-state index contributed by atoms with van der Waals surface area (Å²) in [5, 5.41) is 7.06. The summed E-state index contributed by atoms with van der Waals surface area (Å²) in [6, 6.07) is 12.0. The number of carbonyl (C=O) groups is 2. The Hall–Kier alpha value is -3.37. The lowest BCUT2D eigenvalue weighted by atomic mass is 9.99. The summed E-state index contributed by atoms with van der Waals surface area (Å²) in [5.74, 6) is -0.0985. The highest BCUT2D eigenvalue weighted by Gasteiger charge is 2.33. The van der Waals surface area contributed by atoms with E-state index >= 15 is 0 Å². The molecule has 4 heterocycles. The lowest BCUT2D eigenvalue weighted by Gasteiger charge is -2.20. The maximum atomic E-state index is 14.6.